The van der Waals surface area contributed by atoms with E-state index in [1.807, 2.05) is 0 Å². The van der Waals surface area contributed by atoms with Gasteiger partial charge in [-0.05, 0) is 36.3 Å². The molecule has 0 aromatic heterocycles. The highest BCUT2D eigenvalue weighted by molar-refractivity contribution is 5.24. The summed E-state index contributed by atoms with van der Waals surface area (Å²) >= 11 is 0. The Morgan fingerprint density at radius 2 is 1.89 bits per heavy atom. The second-order valence-electron chi connectivity index (χ2n) is 6.12. The normalized spacial score (nSPS) is 24.2. The van der Waals surface area contributed by atoms with Gasteiger partial charge in [0, 0.05) is 5.56 Å². The third-order valence-corrected chi connectivity index (χ3v) is 4.48. The van der Waals surface area contributed by atoms with Crippen LogP contribution in [0.4, 0.5) is 8.78 Å². The highest BCUT2D eigenvalue weighted by Crippen LogP contribution is 2.47. The van der Waals surface area contributed by atoms with E-state index in [0.717, 1.165) is 19.3 Å². The molecule has 1 saturated carbocycles. The van der Waals surface area contributed by atoms with Gasteiger partial charge in [0.2, 0.25) is 0 Å². The number of nitrogens with one attached hydrogen (secondary N) is 1. The van der Waals surface area contributed by atoms with E-state index in [4.69, 9.17) is 5.84 Å². The van der Waals surface area contributed by atoms with E-state index in [2.05, 4.69) is 19.3 Å². The molecule has 2 nitrogen and oxygen atoms in total. The van der Waals surface area contributed by atoms with Crippen molar-refractivity contribution < 1.29 is 8.78 Å². The zero-order valence-electron chi connectivity index (χ0n) is 11.5. The lowest BCUT2D eigenvalue weighted by molar-refractivity contribution is 0.0953. The van der Waals surface area contributed by atoms with Gasteiger partial charge in [-0.2, -0.15) is 0 Å². The Balaban J connectivity index is 2.39. The molecule has 19 heavy (non-hydrogen) atoms. The molecule has 1 aliphatic rings. The molecule has 0 amide bonds. The van der Waals surface area contributed by atoms with Gasteiger partial charge in [-0.25, -0.2) is 8.78 Å². The topological polar surface area (TPSA) is 38.0 Å². The SMILES string of the molecule is CC1(C)CCCCC1C(NN)c1c(F)cccc1F. The van der Waals surface area contributed by atoms with Crippen molar-refractivity contribution in [3.63, 3.8) is 0 Å². The average molecular weight is 268 g/mol. The van der Waals surface area contributed by atoms with Crippen LogP contribution in [0.25, 0.3) is 0 Å². The molecule has 0 radical (unpaired) electrons. The Morgan fingerprint density at radius 1 is 1.26 bits per heavy atom. The quantitative estimate of drug-likeness (QED) is 0.648. The molecular weight excluding hydrogens is 246 g/mol. The Morgan fingerprint density at radius 3 is 2.42 bits per heavy atom. The summed E-state index contributed by atoms with van der Waals surface area (Å²) in [7, 11) is 0. The van der Waals surface area contributed by atoms with Gasteiger partial charge in [-0.1, -0.05) is 32.8 Å². The minimum Gasteiger partial charge on any atom is -0.271 e. The summed E-state index contributed by atoms with van der Waals surface area (Å²) in [5.74, 6) is 4.70. The fourth-order valence-corrected chi connectivity index (χ4v) is 3.35. The second kappa shape index (κ2) is 5.55. The molecule has 4 heteroatoms. The monoisotopic (exact) mass is 268 g/mol. The molecule has 2 unspecified atom stereocenters. The average Bonchev–Trinajstić information content (AvgIpc) is 2.34. The van der Waals surface area contributed by atoms with Gasteiger partial charge < -0.3 is 0 Å². The highest BCUT2D eigenvalue weighted by Gasteiger charge is 2.39. The number of benzene rings is 1. The Bertz CT molecular complexity index is 426. The largest absolute Gasteiger partial charge is 0.271 e. The minimum atomic E-state index is -0.524. The van der Waals surface area contributed by atoms with Crippen LogP contribution in [0.15, 0.2) is 18.2 Å². The zero-order chi connectivity index (χ0) is 14.0. The lowest BCUT2D eigenvalue weighted by Gasteiger charge is -2.43. The number of nitrogens with two attached hydrogens (primary N) is 1. The fraction of sp³-hybridized carbons (Fsp3) is 0.600. The van der Waals surface area contributed by atoms with Crippen LogP contribution in [0.3, 0.4) is 0 Å². The van der Waals surface area contributed by atoms with Crippen LogP contribution in [-0.2, 0) is 0 Å². The molecule has 2 atom stereocenters. The maximum atomic E-state index is 14.0. The summed E-state index contributed by atoms with van der Waals surface area (Å²) in [6, 6.07) is 3.49. The number of hydrogen-bond donors (Lipinski definition) is 2. The molecule has 0 heterocycles. The molecule has 2 rings (SSSR count). The van der Waals surface area contributed by atoms with Gasteiger partial charge in [0.1, 0.15) is 11.6 Å². The van der Waals surface area contributed by atoms with Crippen LogP contribution in [0, 0.1) is 23.0 Å². The van der Waals surface area contributed by atoms with Crippen molar-refractivity contribution in [1.82, 2.24) is 5.43 Å². The smallest absolute Gasteiger partial charge is 0.130 e. The van der Waals surface area contributed by atoms with Gasteiger partial charge in [0.05, 0.1) is 6.04 Å². The van der Waals surface area contributed by atoms with Crippen molar-refractivity contribution in [2.75, 3.05) is 0 Å². The van der Waals surface area contributed by atoms with Gasteiger partial charge >= 0.3 is 0 Å². The third kappa shape index (κ3) is 2.79. The fourth-order valence-electron chi connectivity index (χ4n) is 3.35. The lowest BCUT2D eigenvalue weighted by atomic mass is 9.65. The summed E-state index contributed by atoms with van der Waals surface area (Å²) in [6.07, 6.45) is 4.25. The van der Waals surface area contributed by atoms with Crippen molar-refractivity contribution >= 4 is 0 Å². The summed E-state index contributed by atoms with van der Waals surface area (Å²) in [5, 5.41) is 0. The molecule has 1 aromatic carbocycles. The predicted molar refractivity (Wildman–Crippen MR) is 72.2 cm³/mol. The van der Waals surface area contributed by atoms with Crippen molar-refractivity contribution in [1.29, 1.82) is 0 Å². The minimum absolute atomic E-state index is 0.0318. The Labute approximate surface area is 113 Å². The third-order valence-electron chi connectivity index (χ3n) is 4.48. The van der Waals surface area contributed by atoms with Crippen LogP contribution in [0.1, 0.15) is 51.1 Å². The summed E-state index contributed by atoms with van der Waals surface area (Å²) in [6.45, 7) is 4.31. The van der Waals surface area contributed by atoms with Crippen molar-refractivity contribution in [2.24, 2.45) is 17.2 Å². The van der Waals surface area contributed by atoms with E-state index < -0.39 is 17.7 Å². The first-order chi connectivity index (χ1) is 8.97. The number of hydrazine groups is 1. The van der Waals surface area contributed by atoms with Crippen molar-refractivity contribution in [2.45, 2.75) is 45.6 Å². The molecule has 0 bridgehead atoms. The first-order valence-electron chi connectivity index (χ1n) is 6.87. The molecule has 106 valence electrons. The summed E-state index contributed by atoms with van der Waals surface area (Å²) in [4.78, 5) is 0. The van der Waals surface area contributed by atoms with Crippen LogP contribution < -0.4 is 11.3 Å². The van der Waals surface area contributed by atoms with E-state index in [9.17, 15) is 8.78 Å². The van der Waals surface area contributed by atoms with Gasteiger partial charge in [0.25, 0.3) is 0 Å². The van der Waals surface area contributed by atoms with Crippen molar-refractivity contribution in [3.8, 4) is 0 Å². The lowest BCUT2D eigenvalue weighted by Crippen LogP contribution is -2.42. The first kappa shape index (κ1) is 14.4. The molecule has 1 aromatic rings. The van der Waals surface area contributed by atoms with Crippen LogP contribution in [-0.4, -0.2) is 0 Å². The van der Waals surface area contributed by atoms with E-state index in [1.54, 1.807) is 0 Å². The standard InChI is InChI=1S/C15H22F2N2/c1-15(2)9-4-3-6-10(15)14(19-18)13-11(16)7-5-8-12(13)17/h5,7-8,10,14,19H,3-4,6,9,18H2,1-2H3. The molecular formula is C15H22F2N2. The summed E-state index contributed by atoms with van der Waals surface area (Å²) < 4.78 is 27.9. The maximum Gasteiger partial charge on any atom is 0.130 e. The summed E-state index contributed by atoms with van der Waals surface area (Å²) in [5.41, 5.74) is 2.75. The Kier molecular flexibility index (Phi) is 4.21. The number of rotatable bonds is 3. The van der Waals surface area contributed by atoms with Crippen LogP contribution in [0.5, 0.6) is 0 Å². The number of halogens is 2. The molecule has 0 aliphatic heterocycles. The zero-order valence-corrected chi connectivity index (χ0v) is 11.5. The molecule has 0 saturated heterocycles. The van der Waals surface area contributed by atoms with E-state index in [1.165, 1.54) is 24.6 Å². The van der Waals surface area contributed by atoms with Crippen LogP contribution >= 0.6 is 0 Å². The second-order valence-corrected chi connectivity index (χ2v) is 6.12. The maximum absolute atomic E-state index is 14.0. The van der Waals surface area contributed by atoms with E-state index >= 15 is 0 Å². The molecule has 3 N–H and O–H groups in total. The van der Waals surface area contributed by atoms with Gasteiger partial charge in [-0.15, -0.1) is 0 Å². The van der Waals surface area contributed by atoms with Crippen molar-refractivity contribution in [3.05, 3.63) is 35.4 Å². The van der Waals surface area contributed by atoms with Gasteiger partial charge in [-0.3, -0.25) is 11.3 Å². The van der Waals surface area contributed by atoms with E-state index in [-0.39, 0.29) is 16.9 Å². The van der Waals surface area contributed by atoms with Gasteiger partial charge in [0.15, 0.2) is 0 Å². The number of hydrogen-bond acceptors (Lipinski definition) is 2. The molecule has 1 fully saturated rings. The first-order valence-corrected chi connectivity index (χ1v) is 6.87. The Hall–Kier alpha value is -1.00. The predicted octanol–water partition coefficient (Wildman–Crippen LogP) is 3.69. The van der Waals surface area contributed by atoms with Crippen LogP contribution in [0.2, 0.25) is 0 Å². The molecule has 0 spiro atoms. The van der Waals surface area contributed by atoms with E-state index in [0.29, 0.717) is 0 Å². The molecule has 1 aliphatic carbocycles. The highest BCUT2D eigenvalue weighted by atomic mass is 19.1.